The molecule has 2 N–H and O–H groups in total. The fraction of sp³-hybridized carbons (Fsp3) is 0.250. The molecule has 0 aliphatic carbocycles. The van der Waals surface area contributed by atoms with Gasteiger partial charge in [0.15, 0.2) is 0 Å². The molecule has 0 spiro atoms. The first kappa shape index (κ1) is 12.1. The van der Waals surface area contributed by atoms with Crippen molar-refractivity contribution in [2.75, 3.05) is 5.73 Å². The minimum absolute atomic E-state index is 0.0910. The number of nitro benzene ring substituents is 1. The molecular formula is C12H13N3O3. The molecule has 0 radical (unpaired) electrons. The molecule has 0 atom stereocenters. The Morgan fingerprint density at radius 3 is 2.78 bits per heavy atom. The van der Waals surface area contributed by atoms with Crippen LogP contribution < -0.4 is 5.73 Å². The second kappa shape index (κ2) is 4.48. The third kappa shape index (κ3) is 1.92. The fourth-order valence-corrected chi connectivity index (χ4v) is 1.90. The highest BCUT2D eigenvalue weighted by Gasteiger charge is 2.16. The van der Waals surface area contributed by atoms with E-state index in [9.17, 15) is 10.1 Å². The highest BCUT2D eigenvalue weighted by molar-refractivity contribution is 5.69. The summed E-state index contributed by atoms with van der Waals surface area (Å²) in [5.41, 5.74) is 8.59. The van der Waals surface area contributed by atoms with Gasteiger partial charge in [-0.3, -0.25) is 10.1 Å². The van der Waals surface area contributed by atoms with Gasteiger partial charge in [0, 0.05) is 22.8 Å². The van der Waals surface area contributed by atoms with Crippen LogP contribution in [0.4, 0.5) is 11.6 Å². The SMILES string of the molecule is CCc1c(-c2ccc([N+](=O)[O-])c(C)c2)noc1N. The van der Waals surface area contributed by atoms with E-state index in [4.69, 9.17) is 10.3 Å². The minimum Gasteiger partial charge on any atom is -0.367 e. The summed E-state index contributed by atoms with van der Waals surface area (Å²) >= 11 is 0. The lowest BCUT2D eigenvalue weighted by molar-refractivity contribution is -0.385. The van der Waals surface area contributed by atoms with Crippen LogP contribution in [0.15, 0.2) is 22.7 Å². The smallest absolute Gasteiger partial charge is 0.272 e. The molecule has 0 unspecified atom stereocenters. The molecule has 94 valence electrons. The van der Waals surface area contributed by atoms with Crippen LogP contribution >= 0.6 is 0 Å². The normalized spacial score (nSPS) is 10.6. The zero-order valence-electron chi connectivity index (χ0n) is 10.1. The quantitative estimate of drug-likeness (QED) is 0.664. The zero-order valence-corrected chi connectivity index (χ0v) is 10.1. The molecular weight excluding hydrogens is 234 g/mol. The molecule has 0 bridgehead atoms. The van der Waals surface area contributed by atoms with Crippen molar-refractivity contribution in [3.8, 4) is 11.3 Å². The summed E-state index contributed by atoms with van der Waals surface area (Å²) < 4.78 is 4.95. The van der Waals surface area contributed by atoms with Gasteiger partial charge >= 0.3 is 0 Å². The summed E-state index contributed by atoms with van der Waals surface area (Å²) in [5, 5.41) is 14.7. The van der Waals surface area contributed by atoms with Gasteiger partial charge in [-0.05, 0) is 25.5 Å². The van der Waals surface area contributed by atoms with E-state index in [1.807, 2.05) is 6.92 Å². The van der Waals surface area contributed by atoms with E-state index >= 15 is 0 Å². The van der Waals surface area contributed by atoms with Crippen LogP contribution in [-0.4, -0.2) is 10.1 Å². The lowest BCUT2D eigenvalue weighted by Crippen LogP contribution is -1.93. The van der Waals surface area contributed by atoms with E-state index in [0.29, 0.717) is 23.6 Å². The summed E-state index contributed by atoms with van der Waals surface area (Å²) in [6.07, 6.45) is 0.695. The predicted octanol–water partition coefficient (Wildman–Crippen LogP) is 2.70. The first-order chi connectivity index (χ1) is 8.54. The average Bonchev–Trinajstić information content (AvgIpc) is 2.69. The van der Waals surface area contributed by atoms with Crippen molar-refractivity contribution in [3.05, 3.63) is 39.4 Å². The van der Waals surface area contributed by atoms with Crippen LogP contribution in [0.3, 0.4) is 0 Å². The van der Waals surface area contributed by atoms with Crippen molar-refractivity contribution in [2.24, 2.45) is 0 Å². The Morgan fingerprint density at radius 2 is 2.22 bits per heavy atom. The van der Waals surface area contributed by atoms with Crippen LogP contribution in [0.2, 0.25) is 0 Å². The summed E-state index contributed by atoms with van der Waals surface area (Å²) in [6, 6.07) is 4.84. The summed E-state index contributed by atoms with van der Waals surface area (Å²) in [6.45, 7) is 3.64. The Kier molecular flexibility index (Phi) is 3.01. The lowest BCUT2D eigenvalue weighted by atomic mass is 10.0. The fourth-order valence-electron chi connectivity index (χ4n) is 1.90. The summed E-state index contributed by atoms with van der Waals surface area (Å²) in [7, 11) is 0. The van der Waals surface area contributed by atoms with Crippen LogP contribution in [0.1, 0.15) is 18.1 Å². The zero-order chi connectivity index (χ0) is 13.3. The molecule has 0 aliphatic heterocycles. The molecule has 1 heterocycles. The second-order valence-electron chi connectivity index (χ2n) is 3.99. The van der Waals surface area contributed by atoms with Crippen molar-refractivity contribution in [1.29, 1.82) is 0 Å². The third-order valence-electron chi connectivity index (χ3n) is 2.84. The van der Waals surface area contributed by atoms with Gasteiger partial charge < -0.3 is 10.3 Å². The van der Waals surface area contributed by atoms with Gasteiger partial charge in [0.2, 0.25) is 5.88 Å². The Labute approximate surface area is 104 Å². The Morgan fingerprint density at radius 1 is 1.50 bits per heavy atom. The van der Waals surface area contributed by atoms with Gasteiger partial charge in [-0.25, -0.2) is 0 Å². The molecule has 0 aliphatic rings. The number of nitro groups is 1. The standard InChI is InChI=1S/C12H13N3O3/c1-3-9-11(14-18-12(9)13)8-4-5-10(15(16)17)7(2)6-8/h4-6H,3,13H2,1-2H3. The number of benzene rings is 1. The molecule has 0 saturated heterocycles. The van der Waals surface area contributed by atoms with Gasteiger partial charge in [-0.1, -0.05) is 12.1 Å². The maximum absolute atomic E-state index is 10.7. The maximum Gasteiger partial charge on any atom is 0.272 e. The van der Waals surface area contributed by atoms with Gasteiger partial charge in [0.1, 0.15) is 5.69 Å². The second-order valence-corrected chi connectivity index (χ2v) is 3.99. The number of anilines is 1. The van der Waals surface area contributed by atoms with Gasteiger partial charge in [0.25, 0.3) is 5.69 Å². The Hall–Kier alpha value is -2.37. The monoisotopic (exact) mass is 247 g/mol. The number of hydrogen-bond donors (Lipinski definition) is 1. The van der Waals surface area contributed by atoms with E-state index in [1.165, 1.54) is 6.07 Å². The number of hydrogen-bond acceptors (Lipinski definition) is 5. The van der Waals surface area contributed by atoms with E-state index in [2.05, 4.69) is 5.16 Å². The Bertz CT molecular complexity index is 605. The molecule has 18 heavy (non-hydrogen) atoms. The van der Waals surface area contributed by atoms with Gasteiger partial charge in [-0.15, -0.1) is 0 Å². The van der Waals surface area contributed by atoms with E-state index < -0.39 is 4.92 Å². The molecule has 6 heteroatoms. The first-order valence-electron chi connectivity index (χ1n) is 5.54. The predicted molar refractivity (Wildman–Crippen MR) is 67.1 cm³/mol. The molecule has 0 amide bonds. The molecule has 1 aromatic heterocycles. The van der Waals surface area contributed by atoms with Crippen molar-refractivity contribution >= 4 is 11.6 Å². The minimum atomic E-state index is -0.406. The summed E-state index contributed by atoms with van der Waals surface area (Å²) in [4.78, 5) is 10.3. The van der Waals surface area contributed by atoms with Crippen LogP contribution in [0.25, 0.3) is 11.3 Å². The highest BCUT2D eigenvalue weighted by Crippen LogP contribution is 2.30. The van der Waals surface area contributed by atoms with E-state index in [1.54, 1.807) is 19.1 Å². The number of nitrogens with zero attached hydrogens (tertiary/aromatic N) is 2. The largest absolute Gasteiger partial charge is 0.367 e. The van der Waals surface area contributed by atoms with E-state index in [-0.39, 0.29) is 5.69 Å². The molecule has 2 rings (SSSR count). The maximum atomic E-state index is 10.7. The number of aryl methyl sites for hydroxylation is 1. The highest BCUT2D eigenvalue weighted by atomic mass is 16.6. The van der Waals surface area contributed by atoms with E-state index in [0.717, 1.165) is 11.1 Å². The number of aromatic nitrogens is 1. The number of rotatable bonds is 3. The Balaban J connectivity index is 2.52. The summed E-state index contributed by atoms with van der Waals surface area (Å²) in [5.74, 6) is 0.295. The van der Waals surface area contributed by atoms with Crippen molar-refractivity contribution in [1.82, 2.24) is 5.16 Å². The molecule has 6 nitrogen and oxygen atoms in total. The van der Waals surface area contributed by atoms with Crippen molar-refractivity contribution < 1.29 is 9.45 Å². The molecule has 2 aromatic rings. The number of nitrogen functional groups attached to an aromatic ring is 1. The topological polar surface area (TPSA) is 95.2 Å². The third-order valence-corrected chi connectivity index (χ3v) is 2.84. The van der Waals surface area contributed by atoms with Crippen LogP contribution in [-0.2, 0) is 6.42 Å². The van der Waals surface area contributed by atoms with Crippen molar-refractivity contribution in [2.45, 2.75) is 20.3 Å². The van der Waals surface area contributed by atoms with Crippen molar-refractivity contribution in [3.63, 3.8) is 0 Å². The van der Waals surface area contributed by atoms with Gasteiger partial charge in [-0.2, -0.15) is 0 Å². The first-order valence-corrected chi connectivity index (χ1v) is 5.54. The van der Waals surface area contributed by atoms with Crippen LogP contribution in [0, 0.1) is 17.0 Å². The molecule has 0 fully saturated rings. The van der Waals surface area contributed by atoms with Gasteiger partial charge in [0.05, 0.1) is 4.92 Å². The molecule has 0 saturated carbocycles. The lowest BCUT2D eigenvalue weighted by Gasteiger charge is -2.02. The van der Waals surface area contributed by atoms with Crippen LogP contribution in [0.5, 0.6) is 0 Å². The molecule has 1 aromatic carbocycles. The average molecular weight is 247 g/mol. The number of nitrogens with two attached hydrogens (primary N) is 1.